The molecule has 5 rings (SSSR count). The Hall–Kier alpha value is -3.03. The van der Waals surface area contributed by atoms with E-state index in [0.717, 1.165) is 66.2 Å². The van der Waals surface area contributed by atoms with Crippen LogP contribution in [0.3, 0.4) is 0 Å². The van der Waals surface area contributed by atoms with Crippen molar-refractivity contribution in [2.75, 3.05) is 5.32 Å². The molecule has 1 aromatic heterocycles. The van der Waals surface area contributed by atoms with Crippen LogP contribution in [-0.4, -0.2) is 39.7 Å². The van der Waals surface area contributed by atoms with Crippen LogP contribution >= 0.6 is 23.2 Å². The number of ether oxygens (including phenoxy) is 1. The number of rotatable bonds is 6. The average molecular weight is 571 g/mol. The van der Waals surface area contributed by atoms with Crippen LogP contribution in [0.15, 0.2) is 36.5 Å². The highest BCUT2D eigenvalue weighted by Gasteiger charge is 2.33. The first-order chi connectivity index (χ1) is 18.5. The summed E-state index contributed by atoms with van der Waals surface area (Å²) in [5, 5.41) is 17.8. The lowest BCUT2D eigenvalue weighted by atomic mass is 9.90. The van der Waals surface area contributed by atoms with Gasteiger partial charge in [-0.3, -0.25) is 9.78 Å². The smallest absolute Gasteiger partial charge is 0.407 e. The molecule has 2 aliphatic carbocycles. The van der Waals surface area contributed by atoms with Crippen molar-refractivity contribution in [3.63, 3.8) is 0 Å². The molecule has 2 aliphatic rings. The van der Waals surface area contributed by atoms with E-state index in [2.05, 4.69) is 15.6 Å². The first-order valence-corrected chi connectivity index (χ1v) is 14.2. The molecule has 0 saturated heterocycles. The highest BCUT2D eigenvalue weighted by Crippen LogP contribution is 2.40. The number of aromatic nitrogens is 1. The zero-order valence-electron chi connectivity index (χ0n) is 22.3. The van der Waals surface area contributed by atoms with E-state index >= 15 is 0 Å². The molecule has 2 fully saturated rings. The number of carbonyl (C=O) groups excluding carboxylic acids is 2. The van der Waals surface area contributed by atoms with E-state index in [9.17, 15) is 14.7 Å². The molecule has 0 unspecified atom stereocenters. The Morgan fingerprint density at radius 3 is 2.21 bits per heavy atom. The third-order valence-electron chi connectivity index (χ3n) is 7.23. The molecule has 1 heterocycles. The molecule has 9 heteroatoms. The lowest BCUT2D eigenvalue weighted by Gasteiger charge is -2.31. The van der Waals surface area contributed by atoms with E-state index in [0.29, 0.717) is 5.56 Å². The number of amides is 1. The standard InChI is InChI=1S/C30H33Cl2N3O4/c1-30(2,3)39-29(38)35-20-9-7-19(8-10-20)34-26-21-12-17(18-13-23(31)28(37)24(32)14-18)6-11-25(21)33-15-22(26)27(36)16-4-5-16/h6,11-16,19-20,37H,4-5,7-10H2,1-3H3,(H,33,34)(H,35,38)/t19-,20-. The van der Waals surface area contributed by atoms with Gasteiger partial charge in [0.05, 0.1) is 26.8 Å². The quantitative estimate of drug-likeness (QED) is 0.262. The van der Waals surface area contributed by atoms with Crippen LogP contribution in [0.2, 0.25) is 10.0 Å². The van der Waals surface area contributed by atoms with Gasteiger partial charge in [-0.15, -0.1) is 0 Å². The molecule has 0 radical (unpaired) electrons. The minimum atomic E-state index is -0.536. The number of phenolic OH excluding ortho intramolecular Hbond substituents is 1. The Bertz CT molecular complexity index is 1400. The molecule has 1 amide bonds. The van der Waals surface area contributed by atoms with Gasteiger partial charge in [0.1, 0.15) is 5.60 Å². The summed E-state index contributed by atoms with van der Waals surface area (Å²) in [6.07, 6.45) is 6.40. The number of benzene rings is 2. The average Bonchev–Trinajstić information content (AvgIpc) is 3.72. The van der Waals surface area contributed by atoms with Crippen molar-refractivity contribution in [2.24, 2.45) is 5.92 Å². The first-order valence-electron chi connectivity index (χ1n) is 13.4. The Kier molecular flexibility index (Phi) is 7.66. The molecule has 7 nitrogen and oxygen atoms in total. The predicted octanol–water partition coefficient (Wildman–Crippen LogP) is 7.75. The summed E-state index contributed by atoms with van der Waals surface area (Å²) >= 11 is 12.4. The number of alkyl carbamates (subject to hydrolysis) is 1. The molecule has 39 heavy (non-hydrogen) atoms. The third-order valence-corrected chi connectivity index (χ3v) is 7.80. The van der Waals surface area contributed by atoms with Gasteiger partial charge in [0.2, 0.25) is 0 Å². The summed E-state index contributed by atoms with van der Waals surface area (Å²) in [5.41, 5.74) is 3.23. The van der Waals surface area contributed by atoms with Crippen LogP contribution in [0.1, 0.15) is 69.7 Å². The maximum Gasteiger partial charge on any atom is 0.407 e. The van der Waals surface area contributed by atoms with Crippen LogP contribution in [0.25, 0.3) is 22.0 Å². The van der Waals surface area contributed by atoms with Gasteiger partial charge in [-0.2, -0.15) is 0 Å². The number of nitrogens with one attached hydrogen (secondary N) is 2. The van der Waals surface area contributed by atoms with E-state index < -0.39 is 11.7 Å². The lowest BCUT2D eigenvalue weighted by molar-refractivity contribution is 0.0492. The first kappa shape index (κ1) is 27.5. The SMILES string of the molecule is CC(C)(C)OC(=O)N[C@H]1CC[C@H](Nc2c(C(=O)C3CC3)cnc3ccc(-c4cc(Cl)c(O)c(Cl)c4)cc23)CC1. The minimum absolute atomic E-state index is 0.0512. The van der Waals surface area contributed by atoms with Crippen LogP contribution < -0.4 is 10.6 Å². The number of pyridine rings is 1. The van der Waals surface area contributed by atoms with E-state index in [1.807, 2.05) is 39.0 Å². The molecule has 3 N–H and O–H groups in total. The summed E-state index contributed by atoms with van der Waals surface area (Å²) in [5.74, 6) is 0.0192. The van der Waals surface area contributed by atoms with Crippen molar-refractivity contribution < 1.29 is 19.4 Å². The highest BCUT2D eigenvalue weighted by molar-refractivity contribution is 6.37. The van der Waals surface area contributed by atoms with E-state index in [1.54, 1.807) is 18.3 Å². The number of aromatic hydroxyl groups is 1. The number of halogens is 2. The molecule has 206 valence electrons. The number of nitrogens with zero attached hydrogens (tertiary/aromatic N) is 1. The van der Waals surface area contributed by atoms with Gasteiger partial charge >= 0.3 is 6.09 Å². The number of ketones is 1. The van der Waals surface area contributed by atoms with Crippen molar-refractivity contribution in [2.45, 2.75) is 77.0 Å². The molecule has 2 aromatic carbocycles. The second-order valence-electron chi connectivity index (χ2n) is 11.5. The van der Waals surface area contributed by atoms with Crippen molar-refractivity contribution in [3.8, 4) is 16.9 Å². The minimum Gasteiger partial charge on any atom is -0.505 e. The van der Waals surface area contributed by atoms with Crippen molar-refractivity contribution in [3.05, 3.63) is 52.1 Å². The van der Waals surface area contributed by atoms with Crippen molar-refractivity contribution in [1.29, 1.82) is 0 Å². The summed E-state index contributed by atoms with van der Waals surface area (Å²) in [6, 6.07) is 9.36. The second kappa shape index (κ2) is 10.9. The van der Waals surface area contributed by atoms with Gasteiger partial charge in [0.15, 0.2) is 11.5 Å². The number of anilines is 1. The molecule has 2 saturated carbocycles. The Labute approximate surface area is 238 Å². The monoisotopic (exact) mass is 569 g/mol. The second-order valence-corrected chi connectivity index (χ2v) is 12.4. The molecule has 0 bridgehead atoms. The van der Waals surface area contributed by atoms with E-state index in [-0.39, 0.29) is 39.6 Å². The normalized spacial score (nSPS) is 19.5. The number of fused-ring (bicyclic) bond motifs is 1. The summed E-state index contributed by atoms with van der Waals surface area (Å²) in [6.45, 7) is 5.55. The molecular weight excluding hydrogens is 537 g/mol. The summed E-state index contributed by atoms with van der Waals surface area (Å²) in [7, 11) is 0. The fourth-order valence-electron chi connectivity index (χ4n) is 5.07. The molecule has 0 aliphatic heterocycles. The van der Waals surface area contributed by atoms with Crippen molar-refractivity contribution >= 4 is 51.7 Å². The van der Waals surface area contributed by atoms with E-state index in [1.165, 1.54) is 0 Å². The molecule has 3 aromatic rings. The largest absolute Gasteiger partial charge is 0.505 e. The fourth-order valence-corrected chi connectivity index (χ4v) is 5.56. The van der Waals surface area contributed by atoms with E-state index in [4.69, 9.17) is 27.9 Å². The number of Topliss-reactive ketones (excluding diaryl/α,β-unsaturated/α-hetero) is 1. The maximum absolute atomic E-state index is 13.3. The number of phenols is 1. The number of hydrogen-bond acceptors (Lipinski definition) is 6. The zero-order valence-corrected chi connectivity index (χ0v) is 23.8. The maximum atomic E-state index is 13.3. The molecular formula is C30H33Cl2N3O4. The van der Waals surface area contributed by atoms with Gasteiger partial charge < -0.3 is 20.5 Å². The molecule has 0 atom stereocenters. The molecule has 0 spiro atoms. The van der Waals surface area contributed by atoms with Gasteiger partial charge in [0, 0.05) is 29.6 Å². The lowest BCUT2D eigenvalue weighted by Crippen LogP contribution is -2.42. The van der Waals surface area contributed by atoms with Gasteiger partial charge in [-0.05, 0) is 94.7 Å². The topological polar surface area (TPSA) is 101 Å². The predicted molar refractivity (Wildman–Crippen MR) is 155 cm³/mol. The Morgan fingerprint density at radius 2 is 1.59 bits per heavy atom. The fraction of sp³-hybridized carbons (Fsp3) is 0.433. The van der Waals surface area contributed by atoms with Crippen LogP contribution in [0, 0.1) is 5.92 Å². The van der Waals surface area contributed by atoms with Gasteiger partial charge in [0.25, 0.3) is 0 Å². The summed E-state index contributed by atoms with van der Waals surface area (Å²) < 4.78 is 5.41. The number of hydrogen-bond donors (Lipinski definition) is 3. The summed E-state index contributed by atoms with van der Waals surface area (Å²) in [4.78, 5) is 30.1. The van der Waals surface area contributed by atoms with Gasteiger partial charge in [-0.25, -0.2) is 4.79 Å². The zero-order chi connectivity index (χ0) is 27.9. The van der Waals surface area contributed by atoms with Crippen LogP contribution in [-0.2, 0) is 4.74 Å². The Morgan fingerprint density at radius 1 is 0.949 bits per heavy atom. The Balaban J connectivity index is 1.42. The van der Waals surface area contributed by atoms with Gasteiger partial charge in [-0.1, -0.05) is 29.3 Å². The number of carbonyl (C=O) groups is 2. The van der Waals surface area contributed by atoms with Crippen LogP contribution in [0.5, 0.6) is 5.75 Å². The van der Waals surface area contributed by atoms with Crippen LogP contribution in [0.4, 0.5) is 10.5 Å². The highest BCUT2D eigenvalue weighted by atomic mass is 35.5. The van der Waals surface area contributed by atoms with Crippen molar-refractivity contribution in [1.82, 2.24) is 10.3 Å². The third kappa shape index (κ3) is 6.42.